The minimum Gasteiger partial charge on any atom is -0.298 e. The quantitative estimate of drug-likeness (QED) is 0.630. The van der Waals surface area contributed by atoms with Gasteiger partial charge in [-0.05, 0) is 18.6 Å². The number of amides is 3. The van der Waals surface area contributed by atoms with Gasteiger partial charge in [0.25, 0.3) is 5.91 Å². The number of benzene rings is 2. The summed E-state index contributed by atoms with van der Waals surface area (Å²) in [4.78, 5) is 43.4. The highest BCUT2D eigenvalue weighted by molar-refractivity contribution is 6.16. The number of hydrogen-bond donors (Lipinski definition) is 1. The molecule has 3 aliphatic heterocycles. The Labute approximate surface area is 174 Å². The molecule has 3 heterocycles. The lowest BCUT2D eigenvalue weighted by Crippen LogP contribution is -2.54. The van der Waals surface area contributed by atoms with Crippen molar-refractivity contribution in [3.63, 3.8) is 0 Å². The zero-order valence-electron chi connectivity index (χ0n) is 16.5. The van der Waals surface area contributed by atoms with Gasteiger partial charge in [0.05, 0.1) is 30.6 Å². The molecule has 0 unspecified atom stereocenters. The fourth-order valence-electron chi connectivity index (χ4n) is 5.34. The van der Waals surface area contributed by atoms with Crippen LogP contribution in [-0.2, 0) is 26.5 Å². The van der Waals surface area contributed by atoms with Crippen molar-refractivity contribution in [2.75, 3.05) is 11.4 Å². The van der Waals surface area contributed by atoms with Gasteiger partial charge in [-0.2, -0.15) is 0 Å². The van der Waals surface area contributed by atoms with Crippen molar-refractivity contribution in [3.8, 4) is 12.3 Å². The van der Waals surface area contributed by atoms with Crippen molar-refractivity contribution in [2.45, 2.75) is 25.0 Å². The van der Waals surface area contributed by atoms with E-state index < -0.39 is 17.4 Å². The molecule has 4 atom stereocenters. The smallest absolute Gasteiger partial charge is 0.253 e. The number of anilines is 1. The van der Waals surface area contributed by atoms with Crippen molar-refractivity contribution < 1.29 is 14.4 Å². The Morgan fingerprint density at radius 3 is 2.43 bits per heavy atom. The summed E-state index contributed by atoms with van der Waals surface area (Å²) >= 11 is 0. The zero-order chi connectivity index (χ0) is 21.0. The van der Waals surface area contributed by atoms with Crippen LogP contribution in [0.1, 0.15) is 18.1 Å². The highest BCUT2D eigenvalue weighted by Crippen LogP contribution is 2.54. The lowest BCUT2D eigenvalue weighted by Gasteiger charge is -2.30. The molecule has 1 N–H and O–H groups in total. The molecule has 0 saturated carbocycles. The number of nitrogens with one attached hydrogen (secondary N) is 1. The molecule has 5 rings (SSSR count). The number of para-hydroxylation sites is 1. The zero-order valence-corrected chi connectivity index (χ0v) is 16.5. The predicted molar refractivity (Wildman–Crippen MR) is 111 cm³/mol. The van der Waals surface area contributed by atoms with Crippen molar-refractivity contribution in [1.82, 2.24) is 10.2 Å². The van der Waals surface area contributed by atoms with E-state index in [1.165, 1.54) is 9.80 Å². The molecule has 6 heteroatoms. The summed E-state index contributed by atoms with van der Waals surface area (Å²) in [6.45, 7) is 2.18. The standard InChI is InChI=1S/C24H21N3O3/c1-3-13-26-18-12-8-7-11-17(18)24(23(26)30)20-19(15(2)25-24)21(28)27(22(20)29)14-16-9-5-4-6-10-16/h1,4-12,15,19-20,25H,13-14H2,2H3/t15-,19-,20-,24-/m0/s1. The Hall–Kier alpha value is -3.43. The van der Waals surface area contributed by atoms with Crippen LogP contribution in [0.25, 0.3) is 0 Å². The van der Waals surface area contributed by atoms with E-state index in [9.17, 15) is 14.4 Å². The Balaban J connectivity index is 1.61. The molecule has 6 nitrogen and oxygen atoms in total. The Bertz CT molecular complexity index is 1110. The Morgan fingerprint density at radius 2 is 1.70 bits per heavy atom. The van der Waals surface area contributed by atoms with Crippen LogP contribution in [0.2, 0.25) is 0 Å². The fourth-order valence-corrected chi connectivity index (χ4v) is 5.34. The number of terminal acetylenes is 1. The SMILES string of the molecule is C#CCN1C(=O)[C@]2(N[C@@H](C)[C@@H]3C(=O)N(Cc4ccccc4)C(=O)[C@H]32)c2ccccc21. The highest BCUT2D eigenvalue weighted by Gasteiger charge is 2.70. The maximum absolute atomic E-state index is 13.7. The third kappa shape index (κ3) is 2.27. The van der Waals surface area contributed by atoms with E-state index in [1.807, 2.05) is 61.5 Å². The topological polar surface area (TPSA) is 69.7 Å². The third-order valence-electron chi connectivity index (χ3n) is 6.54. The summed E-state index contributed by atoms with van der Waals surface area (Å²) in [6, 6.07) is 16.5. The largest absolute Gasteiger partial charge is 0.298 e. The van der Waals surface area contributed by atoms with Gasteiger partial charge in [-0.15, -0.1) is 6.42 Å². The second-order valence-electron chi connectivity index (χ2n) is 8.11. The maximum Gasteiger partial charge on any atom is 0.253 e. The van der Waals surface area contributed by atoms with Crippen molar-refractivity contribution in [1.29, 1.82) is 0 Å². The fraction of sp³-hybridized carbons (Fsp3) is 0.292. The number of carbonyl (C=O) groups is 3. The Morgan fingerprint density at radius 1 is 1.00 bits per heavy atom. The van der Waals surface area contributed by atoms with E-state index in [2.05, 4.69) is 11.2 Å². The van der Waals surface area contributed by atoms with Crippen LogP contribution in [0.4, 0.5) is 5.69 Å². The van der Waals surface area contributed by atoms with Gasteiger partial charge in [0.15, 0.2) is 0 Å². The molecule has 2 saturated heterocycles. The Kier molecular flexibility index (Phi) is 4.05. The van der Waals surface area contributed by atoms with E-state index >= 15 is 0 Å². The molecule has 30 heavy (non-hydrogen) atoms. The minimum absolute atomic E-state index is 0.112. The van der Waals surface area contributed by atoms with E-state index in [4.69, 9.17) is 6.42 Å². The van der Waals surface area contributed by atoms with Crippen LogP contribution in [0.15, 0.2) is 54.6 Å². The van der Waals surface area contributed by atoms with Gasteiger partial charge < -0.3 is 0 Å². The molecule has 1 spiro atoms. The molecule has 2 aromatic rings. The molecular weight excluding hydrogens is 378 g/mol. The molecule has 2 aromatic carbocycles. The molecule has 3 aliphatic rings. The second kappa shape index (κ2) is 6.54. The minimum atomic E-state index is -1.27. The number of hydrogen-bond acceptors (Lipinski definition) is 4. The molecule has 2 fully saturated rings. The summed E-state index contributed by atoms with van der Waals surface area (Å²) in [6.07, 6.45) is 5.51. The highest BCUT2D eigenvalue weighted by atomic mass is 16.2. The number of rotatable bonds is 3. The van der Waals surface area contributed by atoms with Crippen LogP contribution in [-0.4, -0.2) is 35.2 Å². The number of imide groups is 1. The summed E-state index contributed by atoms with van der Waals surface area (Å²) < 4.78 is 0. The molecule has 0 radical (unpaired) electrons. The first-order valence-electron chi connectivity index (χ1n) is 10.0. The lowest BCUT2D eigenvalue weighted by atomic mass is 9.76. The molecule has 3 amide bonds. The van der Waals surface area contributed by atoms with Crippen LogP contribution in [0.5, 0.6) is 0 Å². The van der Waals surface area contributed by atoms with Crippen molar-refractivity contribution >= 4 is 23.4 Å². The van der Waals surface area contributed by atoms with Crippen LogP contribution in [0.3, 0.4) is 0 Å². The van der Waals surface area contributed by atoms with E-state index in [-0.39, 0.29) is 36.9 Å². The van der Waals surface area contributed by atoms with Gasteiger partial charge >= 0.3 is 0 Å². The number of likely N-dealkylation sites (tertiary alicyclic amines) is 1. The van der Waals surface area contributed by atoms with Crippen molar-refractivity contribution in [2.24, 2.45) is 11.8 Å². The van der Waals surface area contributed by atoms with Gasteiger partial charge in [-0.25, -0.2) is 0 Å². The molecule has 150 valence electrons. The summed E-state index contributed by atoms with van der Waals surface area (Å²) in [5.74, 6) is 0.350. The monoisotopic (exact) mass is 399 g/mol. The predicted octanol–water partition coefficient (Wildman–Crippen LogP) is 1.65. The average molecular weight is 399 g/mol. The van der Waals surface area contributed by atoms with Crippen molar-refractivity contribution in [3.05, 3.63) is 65.7 Å². The van der Waals surface area contributed by atoms with Crippen LogP contribution in [0, 0.1) is 24.2 Å². The number of fused-ring (bicyclic) bond motifs is 4. The van der Waals surface area contributed by atoms with Gasteiger partial charge in [0, 0.05) is 11.6 Å². The molecule has 0 bridgehead atoms. The third-order valence-corrected chi connectivity index (χ3v) is 6.54. The maximum atomic E-state index is 13.7. The summed E-state index contributed by atoms with van der Waals surface area (Å²) in [5.41, 5.74) is 1.02. The van der Waals surface area contributed by atoms with E-state index in [1.54, 1.807) is 0 Å². The first kappa shape index (κ1) is 18.6. The van der Waals surface area contributed by atoms with Gasteiger partial charge in [0.1, 0.15) is 5.54 Å². The van der Waals surface area contributed by atoms with Gasteiger partial charge in [0.2, 0.25) is 11.8 Å². The average Bonchev–Trinajstić information content (AvgIpc) is 3.29. The lowest BCUT2D eigenvalue weighted by molar-refractivity contribution is -0.143. The van der Waals surface area contributed by atoms with E-state index in [0.29, 0.717) is 11.3 Å². The molecule has 0 aromatic heterocycles. The second-order valence-corrected chi connectivity index (χ2v) is 8.11. The van der Waals surface area contributed by atoms with Crippen LogP contribution < -0.4 is 10.2 Å². The first-order valence-corrected chi connectivity index (χ1v) is 10.0. The van der Waals surface area contributed by atoms with E-state index in [0.717, 1.165) is 5.56 Å². The number of carbonyl (C=O) groups excluding carboxylic acids is 3. The van der Waals surface area contributed by atoms with Gasteiger partial charge in [-0.1, -0.05) is 54.5 Å². The normalized spacial score (nSPS) is 29.5. The van der Waals surface area contributed by atoms with Crippen LogP contribution >= 0.6 is 0 Å². The summed E-state index contributed by atoms with van der Waals surface area (Å²) in [7, 11) is 0. The summed E-state index contributed by atoms with van der Waals surface area (Å²) in [5, 5.41) is 3.34. The molecule has 0 aliphatic carbocycles. The number of nitrogens with zero attached hydrogens (tertiary/aromatic N) is 2. The first-order chi connectivity index (χ1) is 14.5. The molecular formula is C24H21N3O3. The van der Waals surface area contributed by atoms with Gasteiger partial charge in [-0.3, -0.25) is 29.5 Å².